The summed E-state index contributed by atoms with van der Waals surface area (Å²) in [6.45, 7) is 13.8. The Morgan fingerprint density at radius 2 is 0.618 bits per heavy atom. The van der Waals surface area contributed by atoms with Gasteiger partial charge in [0.2, 0.25) is 0 Å². The van der Waals surface area contributed by atoms with Gasteiger partial charge in [0.15, 0.2) is 0 Å². The van der Waals surface area contributed by atoms with E-state index in [9.17, 15) is 0 Å². The molecule has 2 aromatic heterocycles. The zero-order valence-electron chi connectivity index (χ0n) is 41.9. The second-order valence-electron chi connectivity index (χ2n) is 19.0. The quantitative estimate of drug-likeness (QED) is 0.0279. The number of benzene rings is 5. The molecule has 354 valence electrons. The van der Waals surface area contributed by atoms with Crippen molar-refractivity contribution in [2.75, 3.05) is 36.0 Å². The first-order valence-electron chi connectivity index (χ1n) is 26.5. The van der Waals surface area contributed by atoms with Crippen molar-refractivity contribution < 1.29 is 0 Å². The zero-order valence-corrected chi connectivity index (χ0v) is 41.9. The lowest BCUT2D eigenvalue weighted by molar-refractivity contribution is 0.609. The van der Waals surface area contributed by atoms with Crippen LogP contribution >= 0.6 is 0 Å². The number of anilines is 2. The Morgan fingerprint density at radius 3 is 0.912 bits per heavy atom. The number of hydrogen-bond donors (Lipinski definition) is 0. The molecule has 0 N–H and O–H groups in total. The maximum Gasteiger partial charge on any atom is 0.0965 e. The van der Waals surface area contributed by atoms with Crippen molar-refractivity contribution in [3.8, 4) is 22.3 Å². The van der Waals surface area contributed by atoms with Crippen LogP contribution in [0, 0.1) is 0 Å². The molecule has 4 nitrogen and oxygen atoms in total. The minimum Gasteiger partial charge on any atom is -0.372 e. The first-order chi connectivity index (χ1) is 33.5. The summed E-state index contributed by atoms with van der Waals surface area (Å²) in [6.07, 6.45) is 33.6. The van der Waals surface area contributed by atoms with E-state index in [-0.39, 0.29) is 0 Å². The van der Waals surface area contributed by atoms with Gasteiger partial charge in [0.1, 0.15) is 0 Å². The highest BCUT2D eigenvalue weighted by Crippen LogP contribution is 2.31. The van der Waals surface area contributed by atoms with E-state index in [1.54, 1.807) is 0 Å². The van der Waals surface area contributed by atoms with Crippen LogP contribution in [0.1, 0.15) is 153 Å². The van der Waals surface area contributed by atoms with E-state index in [1.807, 2.05) is 12.4 Å². The minimum absolute atomic E-state index is 0.930. The summed E-state index contributed by atoms with van der Waals surface area (Å²) in [5.74, 6) is 0. The number of aromatic nitrogens is 2. The van der Waals surface area contributed by atoms with Crippen LogP contribution in [-0.2, 0) is 0 Å². The Balaban J connectivity index is 0.949. The van der Waals surface area contributed by atoms with Crippen molar-refractivity contribution in [2.24, 2.45) is 0 Å². The molecule has 0 unspecified atom stereocenters. The van der Waals surface area contributed by atoms with Crippen LogP contribution in [-0.4, -0.2) is 36.1 Å². The van der Waals surface area contributed by atoms with E-state index in [1.165, 1.54) is 136 Å². The van der Waals surface area contributed by atoms with Gasteiger partial charge in [-0.3, -0.25) is 9.97 Å². The van der Waals surface area contributed by atoms with Gasteiger partial charge in [-0.2, -0.15) is 0 Å². The molecular formula is C64H78N4. The molecule has 0 aliphatic rings. The number of unbranched alkanes of at least 4 members (excludes halogenated alkanes) is 12. The third-order valence-electron chi connectivity index (χ3n) is 13.6. The number of nitrogens with zero attached hydrogens (tertiary/aromatic N) is 4. The lowest BCUT2D eigenvalue weighted by atomic mass is 10.0. The molecule has 68 heavy (non-hydrogen) atoms. The van der Waals surface area contributed by atoms with Crippen molar-refractivity contribution in [1.82, 2.24) is 9.97 Å². The van der Waals surface area contributed by atoms with Crippen molar-refractivity contribution in [3.05, 3.63) is 156 Å². The summed E-state index contributed by atoms with van der Waals surface area (Å²) in [7, 11) is 0. The van der Waals surface area contributed by atoms with Crippen LogP contribution < -0.4 is 9.80 Å². The number of rotatable bonds is 28. The highest BCUT2D eigenvalue weighted by atomic mass is 15.1. The van der Waals surface area contributed by atoms with Crippen LogP contribution in [0.4, 0.5) is 11.4 Å². The molecule has 0 spiro atoms. The van der Waals surface area contributed by atoms with Crippen LogP contribution in [0.2, 0.25) is 0 Å². The lowest BCUT2D eigenvalue weighted by Crippen LogP contribution is -2.25. The van der Waals surface area contributed by atoms with Crippen molar-refractivity contribution in [3.63, 3.8) is 0 Å². The molecule has 0 amide bonds. The third-order valence-corrected chi connectivity index (χ3v) is 13.6. The van der Waals surface area contributed by atoms with Gasteiger partial charge in [0.05, 0.1) is 11.0 Å². The average molecular weight is 903 g/mol. The average Bonchev–Trinajstić information content (AvgIpc) is 3.39. The fraction of sp³-hybridized carbons (Fsp3) is 0.375. The first-order valence-corrected chi connectivity index (χ1v) is 26.5. The molecular weight excluding hydrogens is 825 g/mol. The van der Waals surface area contributed by atoms with Gasteiger partial charge in [-0.1, -0.05) is 214 Å². The Hall–Kier alpha value is -6.00. The van der Waals surface area contributed by atoms with E-state index >= 15 is 0 Å². The summed E-state index contributed by atoms with van der Waals surface area (Å²) < 4.78 is 0. The van der Waals surface area contributed by atoms with Gasteiger partial charge in [-0.15, -0.1) is 0 Å². The fourth-order valence-electron chi connectivity index (χ4n) is 9.32. The van der Waals surface area contributed by atoms with Crippen LogP contribution in [0.3, 0.4) is 0 Å². The predicted octanol–water partition coefficient (Wildman–Crippen LogP) is 18.4. The van der Waals surface area contributed by atoms with Gasteiger partial charge >= 0.3 is 0 Å². The maximum absolute atomic E-state index is 4.97. The molecule has 0 aliphatic carbocycles. The lowest BCUT2D eigenvalue weighted by Gasteiger charge is -2.25. The van der Waals surface area contributed by atoms with Gasteiger partial charge in [0.25, 0.3) is 0 Å². The molecule has 0 atom stereocenters. The summed E-state index contributed by atoms with van der Waals surface area (Å²) in [5, 5.41) is 2.19. The minimum atomic E-state index is 0.930. The van der Waals surface area contributed by atoms with Crippen molar-refractivity contribution in [1.29, 1.82) is 0 Å². The van der Waals surface area contributed by atoms with Crippen LogP contribution in [0.25, 0.3) is 68.4 Å². The molecule has 0 bridgehead atoms. The molecule has 0 aliphatic heterocycles. The Bertz CT molecular complexity index is 2400. The zero-order chi connectivity index (χ0) is 47.2. The molecule has 7 rings (SSSR count). The van der Waals surface area contributed by atoms with Crippen molar-refractivity contribution >= 4 is 57.5 Å². The molecule has 2 heterocycles. The Morgan fingerprint density at radius 1 is 0.324 bits per heavy atom. The van der Waals surface area contributed by atoms with E-state index in [0.29, 0.717) is 0 Å². The summed E-state index contributed by atoms with van der Waals surface area (Å²) in [4.78, 5) is 15.1. The van der Waals surface area contributed by atoms with Gasteiger partial charge in [-0.05, 0) is 95.5 Å². The van der Waals surface area contributed by atoms with Gasteiger partial charge in [0, 0.05) is 71.8 Å². The molecule has 4 heteroatoms. The monoisotopic (exact) mass is 903 g/mol. The maximum atomic E-state index is 4.97. The molecule has 0 saturated carbocycles. The second kappa shape index (κ2) is 27.1. The fourth-order valence-corrected chi connectivity index (χ4v) is 9.32. The van der Waals surface area contributed by atoms with Crippen molar-refractivity contribution in [2.45, 2.75) is 130 Å². The topological polar surface area (TPSA) is 32.3 Å². The Kier molecular flexibility index (Phi) is 19.9. The van der Waals surface area contributed by atoms with Crippen LogP contribution in [0.15, 0.2) is 134 Å². The number of fused-ring (bicyclic) bond motifs is 3. The molecule has 5 aromatic carbocycles. The van der Waals surface area contributed by atoms with Gasteiger partial charge < -0.3 is 9.80 Å². The third kappa shape index (κ3) is 14.7. The number of pyridine rings is 2. The summed E-state index contributed by atoms with van der Waals surface area (Å²) >= 11 is 0. The Labute approximate surface area is 410 Å². The smallest absolute Gasteiger partial charge is 0.0965 e. The SMILES string of the molecule is CCCCCCN(CCCCCC)c1ccc(C=Cc2ccc(-c3cnc4c(ccc5cc(-c6ccc(C=Cc7ccc(N(CCCCCC)CCCCCC)cc7)cc6)cnc54)c3)cc2)cc1. The molecule has 7 aromatic rings. The van der Waals surface area contributed by atoms with E-state index in [4.69, 9.17) is 9.97 Å². The predicted molar refractivity (Wildman–Crippen MR) is 300 cm³/mol. The standard InChI is InChI=1S/C64H78N4/c1-5-9-13-17-43-67(44-18-14-10-6-2)61-39-29-53(30-40-61)23-21-51-25-33-55(34-26-51)59-47-57-37-38-58-48-60(50-66-64(58)63(57)65-49-59)56-35-27-52(28-36-56)22-24-54-31-41-62(42-32-54)68(45-19-15-11-7-3)46-20-16-12-8-4/h21-42,47-50H,5-20,43-46H2,1-4H3. The highest BCUT2D eigenvalue weighted by Gasteiger charge is 2.11. The summed E-state index contributed by atoms with van der Waals surface area (Å²) in [6, 6.07) is 44.7. The first kappa shape index (κ1) is 49.9. The van der Waals surface area contributed by atoms with E-state index < -0.39 is 0 Å². The molecule has 0 radical (unpaired) electrons. The second-order valence-corrected chi connectivity index (χ2v) is 19.0. The van der Waals surface area contributed by atoms with E-state index in [0.717, 1.165) is 70.2 Å². The largest absolute Gasteiger partial charge is 0.372 e. The highest BCUT2D eigenvalue weighted by molar-refractivity contribution is 6.04. The molecule has 0 fully saturated rings. The normalized spacial score (nSPS) is 11.7. The summed E-state index contributed by atoms with van der Waals surface area (Å²) in [5.41, 5.74) is 13.9. The van der Waals surface area contributed by atoms with Crippen LogP contribution in [0.5, 0.6) is 0 Å². The molecule has 0 saturated heterocycles. The van der Waals surface area contributed by atoms with E-state index in [2.05, 4.69) is 183 Å². The number of hydrogen-bond acceptors (Lipinski definition) is 4. The van der Waals surface area contributed by atoms with Gasteiger partial charge in [-0.25, -0.2) is 0 Å².